The molecule has 5 rings (SSSR count). The van der Waals surface area contributed by atoms with Crippen LogP contribution in [0.1, 0.15) is 42.6 Å². The van der Waals surface area contributed by atoms with E-state index in [2.05, 4.69) is 15.1 Å². The van der Waals surface area contributed by atoms with Gasteiger partial charge in [-0.05, 0) is 62.6 Å². The van der Waals surface area contributed by atoms with Crippen LogP contribution in [0, 0.1) is 12.7 Å². The number of halogens is 1. The summed E-state index contributed by atoms with van der Waals surface area (Å²) in [6.07, 6.45) is 9.96. The number of aryl methyl sites for hydroxylation is 1. The van der Waals surface area contributed by atoms with E-state index >= 15 is 4.39 Å². The standard InChI is InChI=1S/C27H27FN6O2/c1-18-14-32(17-30-18)25-9-6-20(12-26(25)36-3)11-21-5-4-10-33(27(21)35)19(2)23-8-7-22(13-24(23)28)34-16-29-15-31-34/h6-9,11-17,19H,4-5,10H2,1-3H3/b21-11+/t19-/m1/s1. The van der Waals surface area contributed by atoms with Crippen molar-refractivity contribution in [2.45, 2.75) is 32.7 Å². The largest absolute Gasteiger partial charge is 0.495 e. The number of methoxy groups -OCH3 is 1. The molecule has 4 aromatic rings. The summed E-state index contributed by atoms with van der Waals surface area (Å²) >= 11 is 0. The zero-order valence-corrected chi connectivity index (χ0v) is 20.4. The molecule has 36 heavy (non-hydrogen) atoms. The van der Waals surface area contributed by atoms with Gasteiger partial charge in [0.1, 0.15) is 24.2 Å². The molecule has 1 aliphatic rings. The number of rotatable bonds is 6. The van der Waals surface area contributed by atoms with E-state index in [0.717, 1.165) is 23.4 Å². The number of hydrogen-bond acceptors (Lipinski definition) is 5. The minimum atomic E-state index is -0.410. The van der Waals surface area contributed by atoms with Gasteiger partial charge in [-0.1, -0.05) is 12.1 Å². The van der Waals surface area contributed by atoms with E-state index in [1.807, 2.05) is 48.9 Å². The lowest BCUT2D eigenvalue weighted by Crippen LogP contribution is -2.39. The number of nitrogens with zero attached hydrogens (tertiary/aromatic N) is 6. The number of aromatic nitrogens is 5. The molecule has 1 aliphatic heterocycles. The summed E-state index contributed by atoms with van der Waals surface area (Å²) in [5.41, 5.74) is 4.39. The van der Waals surface area contributed by atoms with Crippen molar-refractivity contribution >= 4 is 12.0 Å². The predicted octanol–water partition coefficient (Wildman–Crippen LogP) is 4.68. The van der Waals surface area contributed by atoms with Gasteiger partial charge < -0.3 is 14.2 Å². The zero-order chi connectivity index (χ0) is 25.2. The second-order valence-electron chi connectivity index (χ2n) is 8.85. The Morgan fingerprint density at radius 1 is 1.17 bits per heavy atom. The van der Waals surface area contributed by atoms with Crippen LogP contribution >= 0.6 is 0 Å². The van der Waals surface area contributed by atoms with Crippen molar-refractivity contribution in [3.05, 3.63) is 89.8 Å². The molecule has 0 bridgehead atoms. The second kappa shape index (κ2) is 9.77. The normalized spacial score (nSPS) is 15.9. The van der Waals surface area contributed by atoms with Crippen LogP contribution in [0.4, 0.5) is 4.39 Å². The van der Waals surface area contributed by atoms with E-state index < -0.39 is 6.04 Å². The van der Waals surface area contributed by atoms with Gasteiger partial charge in [0.2, 0.25) is 5.91 Å². The van der Waals surface area contributed by atoms with Gasteiger partial charge in [0.25, 0.3) is 0 Å². The van der Waals surface area contributed by atoms with Gasteiger partial charge in [0, 0.05) is 23.9 Å². The monoisotopic (exact) mass is 486 g/mol. The maximum atomic E-state index is 15.0. The van der Waals surface area contributed by atoms with E-state index in [9.17, 15) is 4.79 Å². The van der Waals surface area contributed by atoms with Crippen molar-refractivity contribution in [3.8, 4) is 17.1 Å². The molecule has 9 heteroatoms. The highest BCUT2D eigenvalue weighted by Gasteiger charge is 2.29. The first-order valence-electron chi connectivity index (χ1n) is 11.8. The molecule has 1 atom stereocenters. The van der Waals surface area contributed by atoms with Gasteiger partial charge in [-0.3, -0.25) is 4.79 Å². The molecular formula is C27H27FN6O2. The number of carbonyl (C=O) groups excluding carboxylic acids is 1. The minimum Gasteiger partial charge on any atom is -0.495 e. The molecule has 3 heterocycles. The predicted molar refractivity (Wildman–Crippen MR) is 134 cm³/mol. The van der Waals surface area contributed by atoms with Gasteiger partial charge >= 0.3 is 0 Å². The van der Waals surface area contributed by atoms with Crippen molar-refractivity contribution in [1.29, 1.82) is 0 Å². The van der Waals surface area contributed by atoms with Gasteiger partial charge in [-0.15, -0.1) is 0 Å². The first kappa shape index (κ1) is 23.5. The van der Waals surface area contributed by atoms with Crippen LogP contribution in [0.3, 0.4) is 0 Å². The second-order valence-corrected chi connectivity index (χ2v) is 8.85. The van der Waals surface area contributed by atoms with E-state index in [1.165, 1.54) is 23.4 Å². The van der Waals surface area contributed by atoms with Crippen molar-refractivity contribution in [2.75, 3.05) is 13.7 Å². The Morgan fingerprint density at radius 3 is 2.72 bits per heavy atom. The van der Waals surface area contributed by atoms with Crippen LogP contribution in [0.2, 0.25) is 0 Å². The van der Waals surface area contributed by atoms with Gasteiger partial charge in [-0.25, -0.2) is 19.0 Å². The van der Waals surface area contributed by atoms with Crippen molar-refractivity contribution in [2.24, 2.45) is 0 Å². The Labute approximate surface area is 208 Å². The molecule has 1 fully saturated rings. The summed E-state index contributed by atoms with van der Waals surface area (Å²) in [7, 11) is 1.62. The van der Waals surface area contributed by atoms with Crippen LogP contribution < -0.4 is 4.74 Å². The smallest absolute Gasteiger partial charge is 0.250 e. The van der Waals surface area contributed by atoms with Crippen LogP contribution in [0.25, 0.3) is 17.5 Å². The third-order valence-corrected chi connectivity index (χ3v) is 6.50. The fourth-order valence-corrected chi connectivity index (χ4v) is 4.59. The van der Waals surface area contributed by atoms with Crippen molar-refractivity contribution in [1.82, 2.24) is 29.2 Å². The molecule has 1 saturated heterocycles. The highest BCUT2D eigenvalue weighted by Crippen LogP contribution is 2.32. The highest BCUT2D eigenvalue weighted by molar-refractivity contribution is 5.98. The van der Waals surface area contributed by atoms with Crippen LogP contribution in [-0.4, -0.2) is 48.8 Å². The van der Waals surface area contributed by atoms with Gasteiger partial charge in [0.15, 0.2) is 0 Å². The topological polar surface area (TPSA) is 78.1 Å². The number of imidazole rings is 1. The molecule has 0 unspecified atom stereocenters. The number of ether oxygens (including phenoxy) is 1. The third-order valence-electron chi connectivity index (χ3n) is 6.50. The third kappa shape index (κ3) is 4.51. The maximum absolute atomic E-state index is 15.0. The van der Waals surface area contributed by atoms with Crippen molar-refractivity contribution < 1.29 is 13.9 Å². The molecule has 0 spiro atoms. The lowest BCUT2D eigenvalue weighted by atomic mass is 9.97. The number of piperidine rings is 1. The lowest BCUT2D eigenvalue weighted by molar-refractivity contribution is -0.130. The number of benzene rings is 2. The summed E-state index contributed by atoms with van der Waals surface area (Å²) in [6.45, 7) is 4.36. The average Bonchev–Trinajstić information content (AvgIpc) is 3.57. The Balaban J connectivity index is 1.38. The van der Waals surface area contributed by atoms with Gasteiger partial charge in [0.05, 0.1) is 36.5 Å². The minimum absolute atomic E-state index is 0.0817. The molecule has 1 amide bonds. The molecule has 0 radical (unpaired) electrons. The molecule has 184 valence electrons. The van der Waals surface area contributed by atoms with E-state index in [-0.39, 0.29) is 11.7 Å². The summed E-state index contributed by atoms with van der Waals surface area (Å²) in [6, 6.07) is 10.3. The molecule has 2 aromatic carbocycles. The molecule has 0 saturated carbocycles. The summed E-state index contributed by atoms with van der Waals surface area (Å²) in [4.78, 5) is 23.3. The van der Waals surface area contributed by atoms with Crippen LogP contribution in [0.5, 0.6) is 5.75 Å². The fourth-order valence-electron chi connectivity index (χ4n) is 4.59. The molecule has 8 nitrogen and oxygen atoms in total. The number of amides is 1. The van der Waals surface area contributed by atoms with E-state index in [0.29, 0.717) is 35.5 Å². The molecule has 0 aliphatic carbocycles. The summed E-state index contributed by atoms with van der Waals surface area (Å²) in [5, 5.41) is 4.04. The first-order valence-corrected chi connectivity index (χ1v) is 11.8. The van der Waals surface area contributed by atoms with Crippen LogP contribution in [0.15, 0.2) is 67.2 Å². The highest BCUT2D eigenvalue weighted by atomic mass is 19.1. The fraction of sp³-hybridized carbons (Fsp3) is 0.259. The molecule has 0 N–H and O–H groups in total. The van der Waals surface area contributed by atoms with Gasteiger partial charge in [-0.2, -0.15) is 5.10 Å². The quantitative estimate of drug-likeness (QED) is 0.370. The first-order chi connectivity index (χ1) is 17.4. The Bertz CT molecular complexity index is 1430. The number of likely N-dealkylation sites (tertiary alicyclic amines) is 1. The summed E-state index contributed by atoms with van der Waals surface area (Å²) < 4.78 is 24.1. The average molecular weight is 487 g/mol. The maximum Gasteiger partial charge on any atom is 0.250 e. The zero-order valence-electron chi connectivity index (χ0n) is 20.4. The Morgan fingerprint density at radius 2 is 2.03 bits per heavy atom. The van der Waals surface area contributed by atoms with E-state index in [4.69, 9.17) is 4.74 Å². The molecule has 2 aromatic heterocycles. The Kier molecular flexibility index (Phi) is 6.37. The molecular weight excluding hydrogens is 459 g/mol. The SMILES string of the molecule is COc1cc(/C=C2\CCCN([C@H](C)c3ccc(-n4cncn4)cc3F)C2=O)ccc1-n1cnc(C)c1. The lowest BCUT2D eigenvalue weighted by Gasteiger charge is -2.34. The summed E-state index contributed by atoms with van der Waals surface area (Å²) in [5.74, 6) is 0.223. The van der Waals surface area contributed by atoms with Crippen molar-refractivity contribution in [3.63, 3.8) is 0 Å². The van der Waals surface area contributed by atoms with E-state index in [1.54, 1.807) is 30.5 Å². The Hall–Kier alpha value is -4.27. The number of hydrogen-bond donors (Lipinski definition) is 0. The number of carbonyl (C=O) groups is 1. The van der Waals surface area contributed by atoms with Crippen LogP contribution in [-0.2, 0) is 4.79 Å².